The average molecular weight is 309 g/mol. The molecule has 3 heterocycles. The lowest BCUT2D eigenvalue weighted by Crippen LogP contribution is -2.37. The van der Waals surface area contributed by atoms with Gasteiger partial charge in [0.05, 0.1) is 11.1 Å². The van der Waals surface area contributed by atoms with Gasteiger partial charge < -0.3 is 9.88 Å². The summed E-state index contributed by atoms with van der Waals surface area (Å²) in [6, 6.07) is 2.08. The fourth-order valence-electron chi connectivity index (χ4n) is 2.77. The monoisotopic (exact) mass is 309 g/mol. The molecule has 0 aliphatic carbocycles. The minimum absolute atomic E-state index is 0.138. The molecular formula is C13H19N5O2S. The second-order valence-electron chi connectivity index (χ2n) is 5.25. The van der Waals surface area contributed by atoms with Crippen molar-refractivity contribution in [1.82, 2.24) is 19.3 Å². The number of hydrogen-bond donors (Lipinski definition) is 1. The molecule has 3 rings (SSSR count). The van der Waals surface area contributed by atoms with Crippen molar-refractivity contribution in [2.45, 2.75) is 19.4 Å². The van der Waals surface area contributed by atoms with Gasteiger partial charge in [-0.1, -0.05) is 0 Å². The number of sulfonamides is 1. The summed E-state index contributed by atoms with van der Waals surface area (Å²) in [6.45, 7) is 2.77. The van der Waals surface area contributed by atoms with Gasteiger partial charge in [-0.3, -0.25) is 0 Å². The SMILES string of the molecule is CCS(=O)(=O)N1CC[C@@H](N(C)c2ncnc3[nH]ccc23)C1. The molecule has 7 nitrogen and oxygen atoms in total. The van der Waals surface area contributed by atoms with E-state index < -0.39 is 10.0 Å². The van der Waals surface area contributed by atoms with Crippen molar-refractivity contribution in [3.63, 3.8) is 0 Å². The molecule has 1 N–H and O–H groups in total. The van der Waals surface area contributed by atoms with Crippen LogP contribution in [0.15, 0.2) is 18.6 Å². The van der Waals surface area contributed by atoms with Crippen molar-refractivity contribution >= 4 is 26.9 Å². The molecule has 0 amide bonds. The van der Waals surface area contributed by atoms with E-state index in [1.807, 2.05) is 19.3 Å². The minimum Gasteiger partial charge on any atom is -0.355 e. The highest BCUT2D eigenvalue weighted by Gasteiger charge is 2.33. The zero-order valence-electron chi connectivity index (χ0n) is 12.2. The first-order valence-corrected chi connectivity index (χ1v) is 8.62. The first-order valence-electron chi connectivity index (χ1n) is 7.01. The number of nitrogens with one attached hydrogen (secondary N) is 1. The number of rotatable bonds is 4. The highest BCUT2D eigenvalue weighted by Crippen LogP contribution is 2.26. The number of aromatic amines is 1. The predicted octanol–water partition coefficient (Wildman–Crippen LogP) is 0.818. The van der Waals surface area contributed by atoms with Crippen LogP contribution >= 0.6 is 0 Å². The third-order valence-electron chi connectivity index (χ3n) is 4.10. The zero-order chi connectivity index (χ0) is 15.0. The fraction of sp³-hybridized carbons (Fsp3) is 0.538. The Balaban J connectivity index is 1.84. The molecule has 2 aromatic rings. The van der Waals surface area contributed by atoms with Gasteiger partial charge in [-0.2, -0.15) is 4.31 Å². The van der Waals surface area contributed by atoms with E-state index in [9.17, 15) is 8.42 Å². The molecule has 1 aliphatic heterocycles. The third kappa shape index (κ3) is 2.49. The Hall–Kier alpha value is -1.67. The Morgan fingerprint density at radius 1 is 1.48 bits per heavy atom. The molecule has 1 atom stereocenters. The normalized spacial score (nSPS) is 20.2. The second-order valence-corrected chi connectivity index (χ2v) is 7.51. The van der Waals surface area contributed by atoms with Gasteiger partial charge in [-0.25, -0.2) is 18.4 Å². The molecule has 114 valence electrons. The number of aromatic nitrogens is 3. The van der Waals surface area contributed by atoms with Crippen molar-refractivity contribution in [3.8, 4) is 0 Å². The highest BCUT2D eigenvalue weighted by molar-refractivity contribution is 7.89. The first kappa shape index (κ1) is 14.3. The number of hydrogen-bond acceptors (Lipinski definition) is 5. The van der Waals surface area contributed by atoms with Crippen molar-refractivity contribution < 1.29 is 8.42 Å². The maximum Gasteiger partial charge on any atom is 0.213 e. The lowest BCUT2D eigenvalue weighted by atomic mass is 10.2. The van der Waals surface area contributed by atoms with E-state index in [1.54, 1.807) is 11.2 Å². The van der Waals surface area contributed by atoms with E-state index in [-0.39, 0.29) is 11.8 Å². The molecule has 0 bridgehead atoms. The van der Waals surface area contributed by atoms with E-state index >= 15 is 0 Å². The van der Waals surface area contributed by atoms with Gasteiger partial charge in [0.15, 0.2) is 0 Å². The summed E-state index contributed by atoms with van der Waals surface area (Å²) in [7, 11) is -1.15. The number of fused-ring (bicyclic) bond motifs is 1. The van der Waals surface area contributed by atoms with E-state index in [0.29, 0.717) is 13.1 Å². The van der Waals surface area contributed by atoms with Crippen LogP contribution in [0.5, 0.6) is 0 Å². The van der Waals surface area contributed by atoms with Crippen LogP contribution in [-0.2, 0) is 10.0 Å². The van der Waals surface area contributed by atoms with Crippen LogP contribution < -0.4 is 4.90 Å². The van der Waals surface area contributed by atoms with Gasteiger partial charge >= 0.3 is 0 Å². The van der Waals surface area contributed by atoms with E-state index in [4.69, 9.17) is 0 Å². The first-order chi connectivity index (χ1) is 10.0. The molecule has 1 fully saturated rings. The Labute approximate surface area is 124 Å². The molecule has 0 saturated carbocycles. The van der Waals surface area contributed by atoms with Crippen LogP contribution in [0.4, 0.5) is 5.82 Å². The van der Waals surface area contributed by atoms with Crippen molar-refractivity contribution in [2.24, 2.45) is 0 Å². The van der Waals surface area contributed by atoms with E-state index in [2.05, 4.69) is 19.9 Å². The van der Waals surface area contributed by atoms with Crippen molar-refractivity contribution in [3.05, 3.63) is 18.6 Å². The molecule has 2 aromatic heterocycles. The smallest absolute Gasteiger partial charge is 0.213 e. The molecular weight excluding hydrogens is 290 g/mol. The molecule has 0 aromatic carbocycles. The van der Waals surface area contributed by atoms with Gasteiger partial charge in [0, 0.05) is 32.4 Å². The third-order valence-corrected chi connectivity index (χ3v) is 5.95. The van der Waals surface area contributed by atoms with Gasteiger partial charge in [0.25, 0.3) is 0 Å². The van der Waals surface area contributed by atoms with Crippen LogP contribution in [0, 0.1) is 0 Å². The van der Waals surface area contributed by atoms with Gasteiger partial charge in [0.2, 0.25) is 10.0 Å². The van der Waals surface area contributed by atoms with Gasteiger partial charge in [0.1, 0.15) is 17.8 Å². The predicted molar refractivity (Wildman–Crippen MR) is 81.7 cm³/mol. The lowest BCUT2D eigenvalue weighted by molar-refractivity contribution is 0.471. The molecule has 0 spiro atoms. The maximum absolute atomic E-state index is 12.0. The van der Waals surface area contributed by atoms with Gasteiger partial charge in [-0.05, 0) is 19.4 Å². The quantitative estimate of drug-likeness (QED) is 0.904. The second kappa shape index (κ2) is 5.27. The standard InChI is InChI=1S/C13H19N5O2S/c1-3-21(19,20)18-7-5-10(8-18)17(2)13-11-4-6-14-12(11)15-9-16-13/h4,6,9-10H,3,5,7-8H2,1-2H3,(H,14,15,16)/t10-/m1/s1. The number of anilines is 1. The van der Waals surface area contributed by atoms with Crippen LogP contribution in [0.3, 0.4) is 0 Å². The van der Waals surface area contributed by atoms with Crippen LogP contribution in [0.25, 0.3) is 11.0 Å². The van der Waals surface area contributed by atoms with Crippen LogP contribution in [0.1, 0.15) is 13.3 Å². The summed E-state index contributed by atoms with van der Waals surface area (Å²) in [5.41, 5.74) is 0.794. The maximum atomic E-state index is 12.0. The summed E-state index contributed by atoms with van der Waals surface area (Å²) in [6.07, 6.45) is 4.17. The molecule has 8 heteroatoms. The lowest BCUT2D eigenvalue weighted by Gasteiger charge is -2.26. The number of H-pyrrole nitrogens is 1. The molecule has 0 unspecified atom stereocenters. The average Bonchev–Trinajstić information content (AvgIpc) is 3.15. The summed E-state index contributed by atoms with van der Waals surface area (Å²) in [4.78, 5) is 13.7. The summed E-state index contributed by atoms with van der Waals surface area (Å²) in [5, 5.41) is 0.955. The number of nitrogens with zero attached hydrogens (tertiary/aromatic N) is 4. The fourth-order valence-corrected chi connectivity index (χ4v) is 3.92. The molecule has 0 radical (unpaired) electrons. The highest BCUT2D eigenvalue weighted by atomic mass is 32.2. The number of likely N-dealkylation sites (N-methyl/N-ethyl adjacent to an activating group) is 1. The Morgan fingerprint density at radius 3 is 3.05 bits per heavy atom. The minimum atomic E-state index is -3.11. The topological polar surface area (TPSA) is 82.2 Å². The van der Waals surface area contributed by atoms with E-state index in [1.165, 1.54) is 6.33 Å². The summed E-state index contributed by atoms with van der Waals surface area (Å²) < 4.78 is 25.5. The summed E-state index contributed by atoms with van der Waals surface area (Å²) in [5.74, 6) is 0.987. The Bertz CT molecular complexity index is 742. The summed E-state index contributed by atoms with van der Waals surface area (Å²) >= 11 is 0. The molecule has 21 heavy (non-hydrogen) atoms. The molecule has 1 saturated heterocycles. The molecule has 1 aliphatic rings. The largest absolute Gasteiger partial charge is 0.355 e. The Morgan fingerprint density at radius 2 is 2.29 bits per heavy atom. The van der Waals surface area contributed by atoms with Crippen molar-refractivity contribution in [2.75, 3.05) is 30.8 Å². The van der Waals surface area contributed by atoms with Crippen LogP contribution in [-0.4, -0.2) is 59.6 Å². The van der Waals surface area contributed by atoms with Crippen LogP contribution in [0.2, 0.25) is 0 Å². The van der Waals surface area contributed by atoms with Crippen molar-refractivity contribution in [1.29, 1.82) is 0 Å². The zero-order valence-corrected chi connectivity index (χ0v) is 13.0. The Kier molecular flexibility index (Phi) is 3.58. The van der Waals surface area contributed by atoms with Gasteiger partial charge in [-0.15, -0.1) is 0 Å². The van der Waals surface area contributed by atoms with E-state index in [0.717, 1.165) is 23.3 Å².